The highest BCUT2D eigenvalue weighted by molar-refractivity contribution is 7.99. The molecule has 31 heavy (non-hydrogen) atoms. The van der Waals surface area contributed by atoms with Crippen molar-refractivity contribution < 1.29 is 9.52 Å². The first-order valence-electron chi connectivity index (χ1n) is 10.8. The Balaban J connectivity index is 1.74. The van der Waals surface area contributed by atoms with E-state index < -0.39 is 0 Å². The second-order valence-corrected chi connectivity index (χ2v) is 8.93. The fourth-order valence-corrected chi connectivity index (χ4v) is 4.34. The van der Waals surface area contributed by atoms with Crippen LogP contribution in [0.15, 0.2) is 59.0 Å². The summed E-state index contributed by atoms with van der Waals surface area (Å²) in [5, 5.41) is 18.6. The van der Waals surface area contributed by atoms with Gasteiger partial charge in [0.1, 0.15) is 11.0 Å². The van der Waals surface area contributed by atoms with Gasteiger partial charge in [0.15, 0.2) is 0 Å². The molecule has 0 aliphatic heterocycles. The van der Waals surface area contributed by atoms with E-state index in [1.807, 2.05) is 30.3 Å². The van der Waals surface area contributed by atoms with Gasteiger partial charge in [0.2, 0.25) is 11.8 Å². The SMILES string of the molecule is CCSC(c1nnc(-c2ccc(C=CCN(CC)C(C)C)cc2)o1)c1ccccc1O. The molecule has 0 fully saturated rings. The van der Waals surface area contributed by atoms with E-state index >= 15 is 0 Å². The fourth-order valence-electron chi connectivity index (χ4n) is 3.39. The predicted octanol–water partition coefficient (Wildman–Crippen LogP) is 6.03. The summed E-state index contributed by atoms with van der Waals surface area (Å²) in [6.07, 6.45) is 4.34. The topological polar surface area (TPSA) is 62.4 Å². The monoisotopic (exact) mass is 437 g/mol. The number of para-hydroxylation sites is 1. The minimum atomic E-state index is -0.197. The molecule has 0 aliphatic carbocycles. The number of rotatable bonds is 10. The summed E-state index contributed by atoms with van der Waals surface area (Å²) in [4.78, 5) is 2.40. The fraction of sp³-hybridized carbons (Fsp3) is 0.360. The van der Waals surface area contributed by atoms with Gasteiger partial charge in [0.25, 0.3) is 0 Å². The number of aromatic hydroxyl groups is 1. The first-order valence-corrected chi connectivity index (χ1v) is 11.8. The Morgan fingerprint density at radius 1 is 1.06 bits per heavy atom. The first-order chi connectivity index (χ1) is 15.0. The lowest BCUT2D eigenvalue weighted by Crippen LogP contribution is -2.30. The van der Waals surface area contributed by atoms with Crippen LogP contribution >= 0.6 is 11.8 Å². The standard InChI is InChI=1S/C25H31N3O2S/c1-5-28(18(3)4)17-9-10-19-13-15-20(16-14-19)24-26-27-25(30-24)23(31-6-2)21-11-7-8-12-22(21)29/h7-16,18,23,29H,5-6,17H2,1-4H3. The van der Waals surface area contributed by atoms with Crippen LogP contribution in [0.3, 0.4) is 0 Å². The molecule has 6 heteroatoms. The Labute approximate surface area is 189 Å². The average Bonchev–Trinajstić information content (AvgIpc) is 3.26. The van der Waals surface area contributed by atoms with E-state index in [1.54, 1.807) is 17.8 Å². The van der Waals surface area contributed by atoms with Crippen LogP contribution in [-0.2, 0) is 0 Å². The number of likely N-dealkylation sites (N-methyl/N-ethyl adjacent to an activating group) is 1. The van der Waals surface area contributed by atoms with Gasteiger partial charge in [-0.05, 0) is 49.9 Å². The van der Waals surface area contributed by atoms with Crippen LogP contribution in [0.1, 0.15) is 50.0 Å². The molecule has 0 radical (unpaired) electrons. The Hall–Kier alpha value is -2.57. The summed E-state index contributed by atoms with van der Waals surface area (Å²) >= 11 is 1.65. The van der Waals surface area contributed by atoms with Crippen LogP contribution in [0.25, 0.3) is 17.5 Å². The summed E-state index contributed by atoms with van der Waals surface area (Å²) in [6.45, 7) is 10.7. The number of hydrogen-bond donors (Lipinski definition) is 1. The second kappa shape index (κ2) is 11.2. The lowest BCUT2D eigenvalue weighted by Gasteiger charge is -2.22. The van der Waals surface area contributed by atoms with Gasteiger partial charge < -0.3 is 9.52 Å². The van der Waals surface area contributed by atoms with Gasteiger partial charge in [-0.25, -0.2) is 0 Å². The number of phenolic OH excluding ortho intramolecular Hbond substituents is 1. The van der Waals surface area contributed by atoms with Crippen molar-refractivity contribution in [1.29, 1.82) is 0 Å². The quantitative estimate of drug-likeness (QED) is 0.418. The summed E-state index contributed by atoms with van der Waals surface area (Å²) in [5.41, 5.74) is 2.80. The van der Waals surface area contributed by atoms with Gasteiger partial charge in [-0.2, -0.15) is 0 Å². The van der Waals surface area contributed by atoms with E-state index in [-0.39, 0.29) is 11.0 Å². The van der Waals surface area contributed by atoms with Gasteiger partial charge >= 0.3 is 0 Å². The van der Waals surface area contributed by atoms with E-state index in [2.05, 4.69) is 67.1 Å². The van der Waals surface area contributed by atoms with Crippen molar-refractivity contribution in [2.75, 3.05) is 18.8 Å². The van der Waals surface area contributed by atoms with Crippen LogP contribution in [0, 0.1) is 0 Å². The predicted molar refractivity (Wildman–Crippen MR) is 129 cm³/mol. The Morgan fingerprint density at radius 2 is 1.81 bits per heavy atom. The van der Waals surface area contributed by atoms with E-state index in [0.717, 1.165) is 35.5 Å². The summed E-state index contributed by atoms with van der Waals surface area (Å²) in [6, 6.07) is 15.9. The summed E-state index contributed by atoms with van der Waals surface area (Å²) in [5.74, 6) is 2.09. The maximum Gasteiger partial charge on any atom is 0.247 e. The Morgan fingerprint density at radius 3 is 2.45 bits per heavy atom. The molecule has 0 amide bonds. The van der Waals surface area contributed by atoms with Gasteiger partial charge in [-0.1, -0.05) is 56.3 Å². The molecule has 1 aromatic heterocycles. The third-order valence-electron chi connectivity index (χ3n) is 5.16. The Kier molecular flexibility index (Phi) is 8.32. The number of benzene rings is 2. The molecule has 1 heterocycles. The van der Waals surface area contributed by atoms with E-state index in [4.69, 9.17) is 4.42 Å². The normalized spacial score (nSPS) is 12.8. The molecule has 0 bridgehead atoms. The molecular formula is C25H31N3O2S. The number of hydrogen-bond acceptors (Lipinski definition) is 6. The second-order valence-electron chi connectivity index (χ2n) is 7.55. The lowest BCUT2D eigenvalue weighted by molar-refractivity contribution is 0.260. The molecule has 1 atom stereocenters. The number of nitrogens with zero attached hydrogens (tertiary/aromatic N) is 3. The zero-order valence-electron chi connectivity index (χ0n) is 18.7. The van der Waals surface area contributed by atoms with Crippen molar-refractivity contribution in [3.05, 3.63) is 71.6 Å². The molecule has 0 saturated carbocycles. The summed E-state index contributed by atoms with van der Waals surface area (Å²) in [7, 11) is 0. The molecule has 3 aromatic rings. The zero-order chi connectivity index (χ0) is 22.2. The maximum absolute atomic E-state index is 10.3. The highest BCUT2D eigenvalue weighted by Gasteiger charge is 2.23. The van der Waals surface area contributed by atoms with Gasteiger partial charge in [0, 0.05) is 23.7 Å². The third-order valence-corrected chi connectivity index (χ3v) is 6.28. The molecule has 5 nitrogen and oxygen atoms in total. The largest absolute Gasteiger partial charge is 0.508 e. The van der Waals surface area contributed by atoms with Crippen molar-refractivity contribution >= 4 is 17.8 Å². The molecule has 1 unspecified atom stereocenters. The van der Waals surface area contributed by atoms with E-state index in [9.17, 15) is 5.11 Å². The van der Waals surface area contributed by atoms with E-state index in [0.29, 0.717) is 17.8 Å². The van der Waals surface area contributed by atoms with Crippen LogP contribution in [-0.4, -0.2) is 45.1 Å². The van der Waals surface area contributed by atoms with Gasteiger partial charge in [0.05, 0.1) is 0 Å². The average molecular weight is 438 g/mol. The van der Waals surface area contributed by atoms with Gasteiger partial charge in [-0.3, -0.25) is 4.90 Å². The number of phenols is 1. The third kappa shape index (κ3) is 5.99. The molecular weight excluding hydrogens is 406 g/mol. The van der Waals surface area contributed by atoms with Crippen molar-refractivity contribution in [3.8, 4) is 17.2 Å². The highest BCUT2D eigenvalue weighted by Crippen LogP contribution is 2.39. The van der Waals surface area contributed by atoms with Crippen LogP contribution in [0.2, 0.25) is 0 Å². The molecule has 3 rings (SSSR count). The van der Waals surface area contributed by atoms with Gasteiger partial charge in [-0.15, -0.1) is 22.0 Å². The number of thioether (sulfide) groups is 1. The van der Waals surface area contributed by atoms with Crippen LogP contribution < -0.4 is 0 Å². The maximum atomic E-state index is 10.3. The molecule has 0 aliphatic rings. The van der Waals surface area contributed by atoms with Crippen molar-refractivity contribution in [1.82, 2.24) is 15.1 Å². The van der Waals surface area contributed by atoms with Crippen LogP contribution in [0.4, 0.5) is 0 Å². The number of aromatic nitrogens is 2. The molecule has 164 valence electrons. The molecule has 0 saturated heterocycles. The van der Waals surface area contributed by atoms with Crippen molar-refractivity contribution in [2.45, 2.75) is 39.0 Å². The lowest BCUT2D eigenvalue weighted by atomic mass is 10.1. The minimum Gasteiger partial charge on any atom is -0.508 e. The Bertz CT molecular complexity index is 982. The molecule has 0 spiro atoms. The smallest absolute Gasteiger partial charge is 0.247 e. The molecule has 1 N–H and O–H groups in total. The summed E-state index contributed by atoms with van der Waals surface area (Å²) < 4.78 is 6.01. The van der Waals surface area contributed by atoms with Crippen molar-refractivity contribution in [2.24, 2.45) is 0 Å². The molecule has 2 aromatic carbocycles. The van der Waals surface area contributed by atoms with Crippen molar-refractivity contribution in [3.63, 3.8) is 0 Å². The van der Waals surface area contributed by atoms with E-state index in [1.165, 1.54) is 0 Å². The minimum absolute atomic E-state index is 0.197. The zero-order valence-corrected chi connectivity index (χ0v) is 19.5. The van der Waals surface area contributed by atoms with Crippen LogP contribution in [0.5, 0.6) is 5.75 Å². The highest BCUT2D eigenvalue weighted by atomic mass is 32.2. The first kappa shape index (κ1) is 23.1.